The van der Waals surface area contributed by atoms with Gasteiger partial charge < -0.3 is 10.2 Å². The number of nitrogens with one attached hydrogen (secondary N) is 1. The lowest BCUT2D eigenvalue weighted by Gasteiger charge is -2.27. The van der Waals surface area contributed by atoms with E-state index in [1.54, 1.807) is 0 Å². The molecule has 1 heterocycles. The third kappa shape index (κ3) is 4.22. The van der Waals surface area contributed by atoms with Crippen LogP contribution in [-0.2, 0) is 0 Å². The summed E-state index contributed by atoms with van der Waals surface area (Å²) in [5, 5.41) is 3.69. The first-order valence-corrected chi connectivity index (χ1v) is 8.10. The van der Waals surface area contributed by atoms with E-state index in [0.29, 0.717) is 6.04 Å². The van der Waals surface area contributed by atoms with Gasteiger partial charge in [0.2, 0.25) is 0 Å². The summed E-state index contributed by atoms with van der Waals surface area (Å²) in [5.41, 5.74) is 2.67. The standard InChI is InChI=1S/C16H25BrN2/c1-12(2)9-14-11-19(8-4-7-18-14)15-5-6-16(17)13(3)10-15/h5-6,10,12,14,18H,4,7-9,11H2,1-3H3. The summed E-state index contributed by atoms with van der Waals surface area (Å²) < 4.78 is 1.20. The highest BCUT2D eigenvalue weighted by Gasteiger charge is 2.19. The van der Waals surface area contributed by atoms with Gasteiger partial charge in [-0.25, -0.2) is 0 Å². The molecule has 1 unspecified atom stereocenters. The average Bonchev–Trinajstić information content (AvgIpc) is 2.57. The monoisotopic (exact) mass is 324 g/mol. The molecular formula is C16H25BrN2. The molecule has 0 bridgehead atoms. The lowest BCUT2D eigenvalue weighted by molar-refractivity contribution is 0.436. The Kier molecular flexibility index (Phi) is 5.28. The van der Waals surface area contributed by atoms with E-state index in [1.165, 1.54) is 28.6 Å². The van der Waals surface area contributed by atoms with Gasteiger partial charge >= 0.3 is 0 Å². The Hall–Kier alpha value is -0.540. The van der Waals surface area contributed by atoms with Crippen LogP contribution in [-0.4, -0.2) is 25.7 Å². The van der Waals surface area contributed by atoms with Gasteiger partial charge in [-0.1, -0.05) is 29.8 Å². The first-order valence-electron chi connectivity index (χ1n) is 7.30. The number of halogens is 1. The molecule has 2 rings (SSSR count). The van der Waals surface area contributed by atoms with Crippen LogP contribution in [0.4, 0.5) is 5.69 Å². The molecule has 1 aromatic rings. The summed E-state index contributed by atoms with van der Waals surface area (Å²) in [6, 6.07) is 7.31. The lowest BCUT2D eigenvalue weighted by Crippen LogP contribution is -2.38. The SMILES string of the molecule is Cc1cc(N2CCCNC(CC(C)C)C2)ccc1Br. The van der Waals surface area contributed by atoms with Crippen molar-refractivity contribution in [1.82, 2.24) is 5.32 Å². The molecule has 1 fully saturated rings. The van der Waals surface area contributed by atoms with E-state index >= 15 is 0 Å². The fourth-order valence-corrected chi connectivity index (χ4v) is 3.03. The Morgan fingerprint density at radius 3 is 2.89 bits per heavy atom. The minimum Gasteiger partial charge on any atom is -0.370 e. The fraction of sp³-hybridized carbons (Fsp3) is 0.625. The smallest absolute Gasteiger partial charge is 0.0370 e. The third-order valence-electron chi connectivity index (χ3n) is 3.74. The highest BCUT2D eigenvalue weighted by molar-refractivity contribution is 9.10. The molecule has 0 aliphatic carbocycles. The predicted octanol–water partition coefficient (Wildman–Crippen LogP) is 3.97. The zero-order chi connectivity index (χ0) is 13.8. The summed E-state index contributed by atoms with van der Waals surface area (Å²) in [6.07, 6.45) is 2.48. The molecule has 1 N–H and O–H groups in total. The Balaban J connectivity index is 2.10. The minimum atomic E-state index is 0.617. The molecule has 0 radical (unpaired) electrons. The molecule has 0 spiro atoms. The molecule has 3 heteroatoms. The van der Waals surface area contributed by atoms with Crippen molar-refractivity contribution in [1.29, 1.82) is 0 Å². The van der Waals surface area contributed by atoms with Gasteiger partial charge in [0, 0.05) is 29.3 Å². The number of hydrogen-bond acceptors (Lipinski definition) is 2. The van der Waals surface area contributed by atoms with Gasteiger partial charge in [0.05, 0.1) is 0 Å². The van der Waals surface area contributed by atoms with Gasteiger partial charge in [0.1, 0.15) is 0 Å². The summed E-state index contributed by atoms with van der Waals surface area (Å²) in [4.78, 5) is 2.53. The van der Waals surface area contributed by atoms with E-state index in [2.05, 4.69) is 65.1 Å². The van der Waals surface area contributed by atoms with Crippen LogP contribution >= 0.6 is 15.9 Å². The fourth-order valence-electron chi connectivity index (χ4n) is 2.78. The Morgan fingerprint density at radius 1 is 1.42 bits per heavy atom. The van der Waals surface area contributed by atoms with Crippen molar-refractivity contribution in [3.63, 3.8) is 0 Å². The summed E-state index contributed by atoms with van der Waals surface area (Å²) >= 11 is 3.58. The zero-order valence-corrected chi connectivity index (χ0v) is 13.8. The normalized spacial score (nSPS) is 20.7. The number of hydrogen-bond donors (Lipinski definition) is 1. The van der Waals surface area contributed by atoms with Crippen LogP contribution in [0.3, 0.4) is 0 Å². The zero-order valence-electron chi connectivity index (χ0n) is 12.2. The molecule has 0 saturated carbocycles. The second-order valence-electron chi connectivity index (χ2n) is 6.01. The molecule has 1 atom stereocenters. The van der Waals surface area contributed by atoms with E-state index in [9.17, 15) is 0 Å². The van der Waals surface area contributed by atoms with Crippen molar-refractivity contribution in [3.8, 4) is 0 Å². The van der Waals surface area contributed by atoms with Crippen molar-refractivity contribution < 1.29 is 0 Å². The molecule has 106 valence electrons. The van der Waals surface area contributed by atoms with Crippen molar-refractivity contribution in [3.05, 3.63) is 28.2 Å². The topological polar surface area (TPSA) is 15.3 Å². The van der Waals surface area contributed by atoms with Crippen molar-refractivity contribution >= 4 is 21.6 Å². The number of anilines is 1. The molecule has 1 aromatic carbocycles. The maximum atomic E-state index is 3.69. The number of benzene rings is 1. The first kappa shape index (κ1) is 14.9. The maximum absolute atomic E-state index is 3.69. The average molecular weight is 325 g/mol. The largest absolute Gasteiger partial charge is 0.370 e. The first-order chi connectivity index (χ1) is 9.06. The Morgan fingerprint density at radius 2 is 2.21 bits per heavy atom. The number of nitrogens with zero attached hydrogens (tertiary/aromatic N) is 1. The van der Waals surface area contributed by atoms with Crippen LogP contribution < -0.4 is 10.2 Å². The van der Waals surface area contributed by atoms with Crippen molar-refractivity contribution in [2.45, 2.75) is 39.7 Å². The highest BCUT2D eigenvalue weighted by Crippen LogP contribution is 2.24. The van der Waals surface area contributed by atoms with Crippen molar-refractivity contribution in [2.24, 2.45) is 5.92 Å². The van der Waals surface area contributed by atoms with E-state index in [-0.39, 0.29) is 0 Å². The predicted molar refractivity (Wildman–Crippen MR) is 87.0 cm³/mol. The van der Waals surface area contributed by atoms with Gasteiger partial charge in [-0.05, 0) is 56.0 Å². The van der Waals surface area contributed by atoms with Crippen LogP contribution in [0.2, 0.25) is 0 Å². The second-order valence-corrected chi connectivity index (χ2v) is 6.87. The molecular weight excluding hydrogens is 300 g/mol. The molecule has 1 aliphatic heterocycles. The van der Waals surface area contributed by atoms with Crippen LogP contribution in [0.15, 0.2) is 22.7 Å². The minimum absolute atomic E-state index is 0.617. The summed E-state index contributed by atoms with van der Waals surface area (Å²) in [6.45, 7) is 10.2. The molecule has 0 amide bonds. The van der Waals surface area contributed by atoms with Crippen molar-refractivity contribution in [2.75, 3.05) is 24.5 Å². The van der Waals surface area contributed by atoms with E-state index in [1.807, 2.05) is 0 Å². The summed E-state index contributed by atoms with van der Waals surface area (Å²) in [5.74, 6) is 0.754. The molecule has 0 aromatic heterocycles. The van der Waals surface area contributed by atoms with Gasteiger partial charge in [0.15, 0.2) is 0 Å². The highest BCUT2D eigenvalue weighted by atomic mass is 79.9. The van der Waals surface area contributed by atoms with E-state index < -0.39 is 0 Å². The van der Waals surface area contributed by atoms with E-state index in [0.717, 1.165) is 25.6 Å². The quantitative estimate of drug-likeness (QED) is 0.904. The third-order valence-corrected chi connectivity index (χ3v) is 4.63. The van der Waals surface area contributed by atoms with Gasteiger partial charge in [-0.15, -0.1) is 0 Å². The second kappa shape index (κ2) is 6.76. The lowest BCUT2D eigenvalue weighted by atomic mass is 10.0. The maximum Gasteiger partial charge on any atom is 0.0370 e. The Labute approximate surface area is 125 Å². The van der Waals surface area contributed by atoms with Crippen LogP contribution in [0, 0.1) is 12.8 Å². The molecule has 2 nitrogen and oxygen atoms in total. The molecule has 1 aliphatic rings. The summed E-state index contributed by atoms with van der Waals surface area (Å²) in [7, 11) is 0. The van der Waals surface area contributed by atoms with E-state index in [4.69, 9.17) is 0 Å². The van der Waals surface area contributed by atoms with Gasteiger partial charge in [-0.3, -0.25) is 0 Å². The van der Waals surface area contributed by atoms with Crippen LogP contribution in [0.5, 0.6) is 0 Å². The van der Waals surface area contributed by atoms with Crippen LogP contribution in [0.1, 0.15) is 32.3 Å². The molecule has 19 heavy (non-hydrogen) atoms. The van der Waals surface area contributed by atoms with Gasteiger partial charge in [-0.2, -0.15) is 0 Å². The molecule has 1 saturated heterocycles. The number of aryl methyl sites for hydroxylation is 1. The number of rotatable bonds is 3. The van der Waals surface area contributed by atoms with Gasteiger partial charge in [0.25, 0.3) is 0 Å². The van der Waals surface area contributed by atoms with Crippen LogP contribution in [0.25, 0.3) is 0 Å². The Bertz CT molecular complexity index is 417.